The standard InChI is InChI=1S/C21H23ClN4O5S/c22-14-8-9-18(23)17(11-14)21(28)31-13-20(27)25-15-5-4-6-16(12-15)32(29,30)26-19-7-2-1-3-10-24-19/h4-6,8-9,11-12H,1-3,7,10,13,23H2,(H,24,26)(H,25,27). The van der Waals surface area contributed by atoms with E-state index in [1.807, 2.05) is 0 Å². The fraction of sp³-hybridized carbons (Fsp3) is 0.286. The summed E-state index contributed by atoms with van der Waals surface area (Å²) in [6.07, 6.45) is 3.38. The maximum absolute atomic E-state index is 12.7. The van der Waals surface area contributed by atoms with Crippen molar-refractivity contribution in [2.24, 2.45) is 4.99 Å². The number of hydrogen-bond donors (Lipinski definition) is 3. The van der Waals surface area contributed by atoms with E-state index in [4.69, 9.17) is 22.1 Å². The Morgan fingerprint density at radius 3 is 2.75 bits per heavy atom. The maximum Gasteiger partial charge on any atom is 0.340 e. The molecule has 0 saturated heterocycles. The fourth-order valence-electron chi connectivity index (χ4n) is 3.02. The van der Waals surface area contributed by atoms with Crippen molar-refractivity contribution < 1.29 is 22.7 Å². The molecule has 0 unspecified atom stereocenters. The van der Waals surface area contributed by atoms with Crippen LogP contribution in [0.2, 0.25) is 5.02 Å². The molecule has 0 radical (unpaired) electrons. The number of amides is 1. The van der Waals surface area contributed by atoms with E-state index in [0.29, 0.717) is 23.8 Å². The van der Waals surface area contributed by atoms with Gasteiger partial charge in [-0.2, -0.15) is 0 Å². The Labute approximate surface area is 191 Å². The highest BCUT2D eigenvalue weighted by atomic mass is 35.5. The molecule has 170 valence electrons. The fourth-order valence-corrected chi connectivity index (χ4v) is 4.33. The van der Waals surface area contributed by atoms with Crippen LogP contribution < -0.4 is 15.8 Å². The van der Waals surface area contributed by atoms with Crippen molar-refractivity contribution in [3.8, 4) is 0 Å². The lowest BCUT2D eigenvalue weighted by atomic mass is 10.2. The van der Waals surface area contributed by atoms with Crippen LogP contribution >= 0.6 is 11.6 Å². The molecular formula is C21H23ClN4O5S. The summed E-state index contributed by atoms with van der Waals surface area (Å²) in [6, 6.07) is 10.1. The Kier molecular flexibility index (Phi) is 7.70. The summed E-state index contributed by atoms with van der Waals surface area (Å²) in [5, 5.41) is 2.81. The first-order valence-electron chi connectivity index (χ1n) is 9.93. The number of amidine groups is 1. The van der Waals surface area contributed by atoms with E-state index in [1.165, 1.54) is 42.5 Å². The molecule has 2 aromatic carbocycles. The molecule has 0 saturated carbocycles. The minimum atomic E-state index is -3.85. The molecule has 0 aliphatic carbocycles. The van der Waals surface area contributed by atoms with Gasteiger partial charge in [0.1, 0.15) is 5.84 Å². The number of aliphatic imine (C=N–C) groups is 1. The lowest BCUT2D eigenvalue weighted by Crippen LogP contribution is -2.30. The molecule has 1 aliphatic heterocycles. The largest absolute Gasteiger partial charge is 0.452 e. The van der Waals surface area contributed by atoms with Crippen LogP contribution in [0.5, 0.6) is 0 Å². The third-order valence-electron chi connectivity index (χ3n) is 4.62. The monoisotopic (exact) mass is 478 g/mol. The van der Waals surface area contributed by atoms with Gasteiger partial charge < -0.3 is 15.8 Å². The van der Waals surface area contributed by atoms with Crippen LogP contribution in [0.15, 0.2) is 52.4 Å². The maximum atomic E-state index is 12.7. The topological polar surface area (TPSA) is 140 Å². The number of benzene rings is 2. The Hall–Kier alpha value is -3.11. The van der Waals surface area contributed by atoms with Crippen LogP contribution in [-0.4, -0.2) is 39.3 Å². The van der Waals surface area contributed by atoms with Gasteiger partial charge in [0.15, 0.2) is 6.61 Å². The molecule has 1 amide bonds. The molecule has 4 N–H and O–H groups in total. The number of hydrogen-bond acceptors (Lipinski definition) is 7. The Morgan fingerprint density at radius 2 is 1.94 bits per heavy atom. The van der Waals surface area contributed by atoms with Gasteiger partial charge in [-0.3, -0.25) is 14.5 Å². The number of rotatable bonds is 6. The van der Waals surface area contributed by atoms with Gasteiger partial charge in [0.2, 0.25) is 0 Å². The van der Waals surface area contributed by atoms with E-state index in [1.54, 1.807) is 0 Å². The molecule has 0 bridgehead atoms. The summed E-state index contributed by atoms with van der Waals surface area (Å²) >= 11 is 5.85. The molecule has 0 spiro atoms. The second-order valence-electron chi connectivity index (χ2n) is 7.13. The zero-order valence-corrected chi connectivity index (χ0v) is 18.7. The number of esters is 1. The molecule has 32 heavy (non-hydrogen) atoms. The normalized spacial score (nSPS) is 14.1. The minimum Gasteiger partial charge on any atom is -0.452 e. The van der Waals surface area contributed by atoms with Crippen LogP contribution in [0.3, 0.4) is 0 Å². The third kappa shape index (κ3) is 6.44. The predicted octanol–water partition coefficient (Wildman–Crippen LogP) is 2.97. The van der Waals surface area contributed by atoms with E-state index in [-0.39, 0.29) is 21.8 Å². The van der Waals surface area contributed by atoms with Crippen molar-refractivity contribution in [1.82, 2.24) is 4.72 Å². The van der Waals surface area contributed by atoms with Crippen LogP contribution in [0, 0.1) is 0 Å². The third-order valence-corrected chi connectivity index (χ3v) is 6.24. The summed E-state index contributed by atoms with van der Waals surface area (Å²) in [6.45, 7) is 0.00429. The van der Waals surface area contributed by atoms with Crippen molar-refractivity contribution in [2.45, 2.75) is 30.6 Å². The Bertz CT molecular complexity index is 1150. The molecule has 0 atom stereocenters. The summed E-state index contributed by atoms with van der Waals surface area (Å²) in [5.74, 6) is -1.01. The van der Waals surface area contributed by atoms with Gasteiger partial charge in [-0.05, 0) is 49.2 Å². The average molecular weight is 479 g/mol. The minimum absolute atomic E-state index is 0.0223. The van der Waals surface area contributed by atoms with Crippen molar-refractivity contribution in [3.05, 3.63) is 53.1 Å². The van der Waals surface area contributed by atoms with E-state index < -0.39 is 28.5 Å². The van der Waals surface area contributed by atoms with Gasteiger partial charge in [0.05, 0.1) is 10.5 Å². The molecular weight excluding hydrogens is 456 g/mol. The second-order valence-corrected chi connectivity index (χ2v) is 9.25. The van der Waals surface area contributed by atoms with Gasteiger partial charge in [-0.1, -0.05) is 24.1 Å². The molecule has 0 fully saturated rings. The smallest absolute Gasteiger partial charge is 0.340 e. The van der Waals surface area contributed by atoms with Gasteiger partial charge in [-0.15, -0.1) is 0 Å². The van der Waals surface area contributed by atoms with Crippen molar-refractivity contribution >= 4 is 50.7 Å². The number of carbonyl (C=O) groups excluding carboxylic acids is 2. The molecule has 3 rings (SSSR count). The van der Waals surface area contributed by atoms with Gasteiger partial charge in [0.25, 0.3) is 15.9 Å². The Balaban J connectivity index is 1.61. The van der Waals surface area contributed by atoms with Gasteiger partial charge >= 0.3 is 5.97 Å². The number of halogens is 1. The Morgan fingerprint density at radius 1 is 1.12 bits per heavy atom. The summed E-state index contributed by atoms with van der Waals surface area (Å²) in [7, 11) is -3.85. The van der Waals surface area contributed by atoms with Gasteiger partial charge in [-0.25, -0.2) is 13.2 Å². The number of nitrogen functional groups attached to an aromatic ring is 1. The van der Waals surface area contributed by atoms with Crippen LogP contribution in [0.1, 0.15) is 36.0 Å². The number of carbonyl (C=O) groups is 2. The van der Waals surface area contributed by atoms with Crippen molar-refractivity contribution in [1.29, 1.82) is 0 Å². The van der Waals surface area contributed by atoms with Crippen LogP contribution in [-0.2, 0) is 19.6 Å². The predicted molar refractivity (Wildman–Crippen MR) is 122 cm³/mol. The van der Waals surface area contributed by atoms with E-state index in [2.05, 4.69) is 15.0 Å². The lowest BCUT2D eigenvalue weighted by molar-refractivity contribution is -0.119. The number of anilines is 2. The molecule has 11 heteroatoms. The average Bonchev–Trinajstić information content (AvgIpc) is 3.02. The molecule has 9 nitrogen and oxygen atoms in total. The first-order valence-corrected chi connectivity index (χ1v) is 11.8. The first-order chi connectivity index (χ1) is 15.2. The molecule has 0 aromatic heterocycles. The highest BCUT2D eigenvalue weighted by molar-refractivity contribution is 7.90. The van der Waals surface area contributed by atoms with E-state index in [0.717, 1.165) is 19.3 Å². The molecule has 2 aromatic rings. The zero-order chi connectivity index (χ0) is 23.1. The van der Waals surface area contributed by atoms with Crippen LogP contribution in [0.25, 0.3) is 0 Å². The molecule has 1 aliphatic rings. The highest BCUT2D eigenvalue weighted by Gasteiger charge is 2.19. The summed E-state index contributed by atoms with van der Waals surface area (Å²) in [4.78, 5) is 28.6. The van der Waals surface area contributed by atoms with Crippen molar-refractivity contribution in [3.63, 3.8) is 0 Å². The summed E-state index contributed by atoms with van der Waals surface area (Å²) < 4.78 is 32.9. The van der Waals surface area contributed by atoms with Gasteiger partial charge in [0, 0.05) is 29.4 Å². The van der Waals surface area contributed by atoms with Crippen LogP contribution in [0.4, 0.5) is 11.4 Å². The quantitative estimate of drug-likeness (QED) is 0.430. The first kappa shape index (κ1) is 23.6. The second kappa shape index (κ2) is 10.5. The number of nitrogens with zero attached hydrogens (tertiary/aromatic N) is 1. The number of sulfonamides is 1. The summed E-state index contributed by atoms with van der Waals surface area (Å²) in [5.41, 5.74) is 6.17. The van der Waals surface area contributed by atoms with E-state index in [9.17, 15) is 18.0 Å². The number of ether oxygens (including phenoxy) is 1. The number of nitrogens with two attached hydrogens (primary N) is 1. The van der Waals surface area contributed by atoms with E-state index >= 15 is 0 Å². The lowest BCUT2D eigenvalue weighted by Gasteiger charge is -2.12. The molecule has 1 heterocycles. The SMILES string of the molecule is Nc1ccc(Cl)cc1C(=O)OCC(=O)Nc1cccc(S(=O)(=O)NC2=NCCCCC2)c1. The zero-order valence-electron chi connectivity index (χ0n) is 17.1. The number of nitrogens with one attached hydrogen (secondary N) is 2. The van der Waals surface area contributed by atoms with Crippen molar-refractivity contribution in [2.75, 3.05) is 24.2 Å². The highest BCUT2D eigenvalue weighted by Crippen LogP contribution is 2.19.